The van der Waals surface area contributed by atoms with Gasteiger partial charge in [-0.2, -0.15) is 0 Å². The number of hydrogen-bond acceptors (Lipinski definition) is 3. The minimum atomic E-state index is -0.397. The zero-order valence-electron chi connectivity index (χ0n) is 8.05. The van der Waals surface area contributed by atoms with Crippen LogP contribution in [0.5, 0.6) is 0 Å². The lowest BCUT2D eigenvalue weighted by molar-refractivity contribution is 0.529. The Morgan fingerprint density at radius 1 is 1.25 bits per heavy atom. The molecule has 12 heavy (non-hydrogen) atoms. The molecule has 0 radical (unpaired) electrons. The first kappa shape index (κ1) is 9.13. The van der Waals surface area contributed by atoms with Crippen molar-refractivity contribution in [1.29, 1.82) is 0 Å². The van der Waals surface area contributed by atoms with Gasteiger partial charge in [0.2, 0.25) is 0 Å². The highest BCUT2D eigenvalue weighted by Crippen LogP contribution is 2.13. The number of aryl methyl sites for hydroxylation is 2. The summed E-state index contributed by atoms with van der Waals surface area (Å²) < 4.78 is 0. The molecule has 0 aliphatic carbocycles. The molecule has 0 unspecified atom stereocenters. The van der Waals surface area contributed by atoms with Gasteiger partial charge in [0.1, 0.15) is 0 Å². The van der Waals surface area contributed by atoms with Crippen LogP contribution in [-0.2, 0) is 5.54 Å². The molecular weight excluding hydrogens is 150 g/mol. The molecule has 3 heteroatoms. The van der Waals surface area contributed by atoms with Gasteiger partial charge in [-0.3, -0.25) is 9.97 Å². The van der Waals surface area contributed by atoms with E-state index in [9.17, 15) is 0 Å². The van der Waals surface area contributed by atoms with Crippen molar-refractivity contribution in [2.24, 2.45) is 5.73 Å². The van der Waals surface area contributed by atoms with E-state index in [0.29, 0.717) is 0 Å². The summed E-state index contributed by atoms with van der Waals surface area (Å²) in [7, 11) is 0. The summed E-state index contributed by atoms with van der Waals surface area (Å²) in [6, 6.07) is 0. The molecule has 0 aliphatic heterocycles. The third kappa shape index (κ3) is 1.80. The number of nitrogens with zero attached hydrogens (tertiary/aromatic N) is 2. The van der Waals surface area contributed by atoms with Crippen LogP contribution in [0.4, 0.5) is 0 Å². The minimum absolute atomic E-state index is 0.397. The summed E-state index contributed by atoms with van der Waals surface area (Å²) >= 11 is 0. The van der Waals surface area contributed by atoms with Crippen molar-refractivity contribution < 1.29 is 0 Å². The highest BCUT2D eigenvalue weighted by molar-refractivity contribution is 5.15. The van der Waals surface area contributed by atoms with E-state index in [1.807, 2.05) is 27.7 Å². The maximum Gasteiger partial charge on any atom is 0.0783 e. The molecule has 1 aromatic heterocycles. The van der Waals surface area contributed by atoms with Crippen molar-refractivity contribution in [2.45, 2.75) is 33.2 Å². The van der Waals surface area contributed by atoms with Crippen molar-refractivity contribution in [3.05, 3.63) is 23.3 Å². The van der Waals surface area contributed by atoms with Gasteiger partial charge in [-0.25, -0.2) is 0 Å². The van der Waals surface area contributed by atoms with E-state index in [-0.39, 0.29) is 0 Å². The van der Waals surface area contributed by atoms with Crippen molar-refractivity contribution in [3.63, 3.8) is 0 Å². The normalized spacial score (nSPS) is 11.8. The number of aromatic nitrogens is 2. The number of nitrogens with two attached hydrogens (primary N) is 1. The van der Waals surface area contributed by atoms with E-state index < -0.39 is 5.54 Å². The number of rotatable bonds is 1. The molecule has 2 N–H and O–H groups in total. The summed E-state index contributed by atoms with van der Waals surface area (Å²) in [5, 5.41) is 0. The number of hydrogen-bond donors (Lipinski definition) is 1. The van der Waals surface area contributed by atoms with Gasteiger partial charge in [0.25, 0.3) is 0 Å². The average Bonchev–Trinajstić information content (AvgIpc) is 1.92. The Morgan fingerprint density at radius 3 is 2.25 bits per heavy atom. The van der Waals surface area contributed by atoms with Crippen LogP contribution in [0.1, 0.15) is 30.9 Å². The van der Waals surface area contributed by atoms with Gasteiger partial charge < -0.3 is 5.73 Å². The van der Waals surface area contributed by atoms with Crippen LogP contribution in [0.15, 0.2) is 6.20 Å². The smallest absolute Gasteiger partial charge is 0.0783 e. The Kier molecular flexibility index (Phi) is 2.15. The summed E-state index contributed by atoms with van der Waals surface area (Å²) in [6.45, 7) is 7.73. The van der Waals surface area contributed by atoms with Crippen LogP contribution in [-0.4, -0.2) is 9.97 Å². The van der Waals surface area contributed by atoms with E-state index in [0.717, 1.165) is 17.1 Å². The highest BCUT2D eigenvalue weighted by atomic mass is 14.9. The van der Waals surface area contributed by atoms with Gasteiger partial charge in [0.15, 0.2) is 0 Å². The molecule has 1 aromatic rings. The standard InChI is InChI=1S/C9H15N3/c1-6-7(2)12-8(5-11-6)9(3,4)10/h5H,10H2,1-4H3. The molecule has 0 saturated heterocycles. The molecule has 66 valence electrons. The second-order valence-corrected chi connectivity index (χ2v) is 3.65. The summed E-state index contributed by atoms with van der Waals surface area (Å²) in [5.74, 6) is 0. The van der Waals surface area contributed by atoms with Crippen LogP contribution in [0.2, 0.25) is 0 Å². The van der Waals surface area contributed by atoms with E-state index in [2.05, 4.69) is 9.97 Å². The fourth-order valence-corrected chi connectivity index (χ4v) is 0.852. The average molecular weight is 165 g/mol. The molecular formula is C9H15N3. The minimum Gasteiger partial charge on any atom is -0.321 e. The van der Waals surface area contributed by atoms with Gasteiger partial charge in [0.05, 0.1) is 28.8 Å². The molecule has 1 heterocycles. The molecule has 0 saturated carbocycles. The quantitative estimate of drug-likeness (QED) is 0.682. The molecule has 0 aliphatic rings. The fraction of sp³-hybridized carbons (Fsp3) is 0.556. The third-order valence-corrected chi connectivity index (χ3v) is 1.85. The lowest BCUT2D eigenvalue weighted by Crippen LogP contribution is -2.30. The van der Waals surface area contributed by atoms with E-state index in [4.69, 9.17) is 5.73 Å². The Balaban J connectivity index is 3.14. The van der Waals surface area contributed by atoms with Crippen LogP contribution in [0.3, 0.4) is 0 Å². The van der Waals surface area contributed by atoms with Crippen molar-refractivity contribution in [1.82, 2.24) is 9.97 Å². The first-order chi connectivity index (χ1) is 5.41. The second-order valence-electron chi connectivity index (χ2n) is 3.65. The van der Waals surface area contributed by atoms with Crippen LogP contribution in [0.25, 0.3) is 0 Å². The molecule has 0 fully saturated rings. The van der Waals surface area contributed by atoms with Crippen LogP contribution in [0, 0.1) is 13.8 Å². The molecule has 0 spiro atoms. The Hall–Kier alpha value is -0.960. The second kappa shape index (κ2) is 2.83. The van der Waals surface area contributed by atoms with Gasteiger partial charge in [0, 0.05) is 0 Å². The van der Waals surface area contributed by atoms with Gasteiger partial charge in [-0.1, -0.05) is 0 Å². The Bertz CT molecular complexity index is 286. The van der Waals surface area contributed by atoms with E-state index in [1.54, 1.807) is 6.20 Å². The topological polar surface area (TPSA) is 51.8 Å². The molecule has 1 rings (SSSR count). The first-order valence-corrected chi connectivity index (χ1v) is 4.01. The fourth-order valence-electron chi connectivity index (χ4n) is 0.852. The predicted octanol–water partition coefficient (Wildman–Crippen LogP) is 1.29. The van der Waals surface area contributed by atoms with Gasteiger partial charge in [-0.05, 0) is 27.7 Å². The zero-order valence-corrected chi connectivity index (χ0v) is 8.05. The Labute approximate surface area is 73.0 Å². The van der Waals surface area contributed by atoms with Crippen molar-refractivity contribution >= 4 is 0 Å². The zero-order chi connectivity index (χ0) is 9.35. The molecule has 0 aromatic carbocycles. The maximum absolute atomic E-state index is 5.87. The largest absolute Gasteiger partial charge is 0.321 e. The molecule has 0 bridgehead atoms. The monoisotopic (exact) mass is 165 g/mol. The van der Waals surface area contributed by atoms with Gasteiger partial charge in [-0.15, -0.1) is 0 Å². The predicted molar refractivity (Wildman–Crippen MR) is 48.7 cm³/mol. The first-order valence-electron chi connectivity index (χ1n) is 4.01. The Morgan fingerprint density at radius 2 is 1.83 bits per heavy atom. The van der Waals surface area contributed by atoms with Crippen molar-refractivity contribution in [3.8, 4) is 0 Å². The molecule has 3 nitrogen and oxygen atoms in total. The molecule has 0 amide bonds. The highest BCUT2D eigenvalue weighted by Gasteiger charge is 2.16. The maximum atomic E-state index is 5.87. The van der Waals surface area contributed by atoms with Gasteiger partial charge >= 0.3 is 0 Å². The van der Waals surface area contributed by atoms with E-state index in [1.165, 1.54) is 0 Å². The van der Waals surface area contributed by atoms with Crippen molar-refractivity contribution in [2.75, 3.05) is 0 Å². The lowest BCUT2D eigenvalue weighted by Gasteiger charge is -2.17. The SMILES string of the molecule is Cc1ncc(C(C)(C)N)nc1C. The van der Waals surface area contributed by atoms with Crippen LogP contribution >= 0.6 is 0 Å². The molecule has 0 atom stereocenters. The third-order valence-electron chi connectivity index (χ3n) is 1.85. The van der Waals surface area contributed by atoms with Crippen LogP contribution < -0.4 is 5.73 Å². The van der Waals surface area contributed by atoms with E-state index >= 15 is 0 Å². The summed E-state index contributed by atoms with van der Waals surface area (Å²) in [4.78, 5) is 8.56. The summed E-state index contributed by atoms with van der Waals surface area (Å²) in [5.41, 5.74) is 8.23. The lowest BCUT2D eigenvalue weighted by atomic mass is 10.0. The summed E-state index contributed by atoms with van der Waals surface area (Å²) in [6.07, 6.45) is 1.74.